The Kier molecular flexibility index (Phi) is 2.45. The van der Waals surface area contributed by atoms with Gasteiger partial charge in [0.1, 0.15) is 11.6 Å². The molecule has 3 N–H and O–H groups in total. The van der Waals surface area contributed by atoms with Crippen LogP contribution in [-0.4, -0.2) is 9.10 Å². The lowest BCUT2D eigenvalue weighted by atomic mass is 10.2. The van der Waals surface area contributed by atoms with Gasteiger partial charge >= 0.3 is 4.12 Å². The lowest BCUT2D eigenvalue weighted by Gasteiger charge is -2.10. The maximum atomic E-state index is 12.5. The predicted molar refractivity (Wildman–Crippen MR) is 62.3 cm³/mol. The number of anilines is 1. The van der Waals surface area contributed by atoms with Gasteiger partial charge in [-0.2, -0.15) is 8.78 Å². The normalized spacial score (nSPS) is 11.9. The van der Waals surface area contributed by atoms with Gasteiger partial charge in [0.25, 0.3) is 0 Å². The number of halogens is 3. The Balaban J connectivity index is 2.38. The molecule has 1 aromatic heterocycles. The van der Waals surface area contributed by atoms with Gasteiger partial charge < -0.3 is 15.5 Å². The summed E-state index contributed by atoms with van der Waals surface area (Å²) in [6, 6.07) is 6.27. The van der Waals surface area contributed by atoms with Crippen LogP contribution in [0, 0.1) is 0 Å². The zero-order chi connectivity index (χ0) is 11.1. The fourth-order valence-electron chi connectivity index (χ4n) is 1.33. The number of benzene rings is 1. The van der Waals surface area contributed by atoms with Gasteiger partial charge in [-0.3, -0.25) is 0 Å². The lowest BCUT2D eigenvalue weighted by molar-refractivity contribution is -0.0690. The van der Waals surface area contributed by atoms with Crippen molar-refractivity contribution < 1.29 is 13.5 Å². The van der Waals surface area contributed by atoms with Crippen LogP contribution in [-0.2, 0) is 0 Å². The number of ether oxygens (including phenoxy) is 1. The van der Waals surface area contributed by atoms with Crippen molar-refractivity contribution in [2.45, 2.75) is 4.12 Å². The van der Waals surface area contributed by atoms with Gasteiger partial charge in [0.15, 0.2) is 0 Å². The van der Waals surface area contributed by atoms with E-state index in [2.05, 4.69) is 9.72 Å². The molecule has 0 spiro atoms. The molecule has 2 rings (SSSR count). The Hall–Kier alpha value is -1.05. The van der Waals surface area contributed by atoms with E-state index >= 15 is 0 Å². The molecule has 80 valence electrons. The molecule has 0 aliphatic heterocycles. The van der Waals surface area contributed by atoms with Crippen LogP contribution in [0.1, 0.15) is 0 Å². The van der Waals surface area contributed by atoms with Gasteiger partial charge in [-0.25, -0.2) is 0 Å². The number of H-pyrrole nitrogens is 1. The van der Waals surface area contributed by atoms with Gasteiger partial charge in [-0.15, -0.1) is 0 Å². The molecule has 0 bridgehead atoms. The number of nitrogens with two attached hydrogens (primary N) is 1. The summed E-state index contributed by atoms with van der Waals surface area (Å²) in [4.78, 5) is 2.88. The van der Waals surface area contributed by atoms with Crippen molar-refractivity contribution in [1.82, 2.24) is 4.98 Å². The van der Waals surface area contributed by atoms with Crippen LogP contribution in [0.3, 0.4) is 0 Å². The second-order valence-electron chi connectivity index (χ2n) is 3.02. The van der Waals surface area contributed by atoms with Crippen LogP contribution >= 0.6 is 22.6 Å². The summed E-state index contributed by atoms with van der Waals surface area (Å²) in [6.45, 7) is 0. The fraction of sp³-hybridized carbons (Fsp3) is 0.111. The molecular formula is C9H7F2IN2O. The molecule has 1 aromatic carbocycles. The van der Waals surface area contributed by atoms with Crippen molar-refractivity contribution >= 4 is 39.3 Å². The molecular weight excluding hydrogens is 317 g/mol. The van der Waals surface area contributed by atoms with E-state index in [0.29, 0.717) is 5.82 Å². The molecule has 0 amide bonds. The zero-order valence-electron chi connectivity index (χ0n) is 7.43. The SMILES string of the molecule is Nc1cc2cc(OC(F)(F)I)ccc2[nH]1. The molecule has 15 heavy (non-hydrogen) atoms. The molecule has 6 heteroatoms. The topological polar surface area (TPSA) is 51.0 Å². The average molecular weight is 324 g/mol. The van der Waals surface area contributed by atoms with E-state index in [1.165, 1.54) is 12.1 Å². The van der Waals surface area contributed by atoms with Gasteiger partial charge in [0.2, 0.25) is 0 Å². The monoisotopic (exact) mass is 324 g/mol. The predicted octanol–water partition coefficient (Wildman–Crippen LogP) is 3.11. The van der Waals surface area contributed by atoms with E-state index in [0.717, 1.165) is 33.5 Å². The van der Waals surface area contributed by atoms with Crippen LogP contribution in [0.2, 0.25) is 0 Å². The molecule has 1 heterocycles. The second kappa shape index (κ2) is 3.51. The minimum Gasteiger partial charge on any atom is -0.425 e. The van der Waals surface area contributed by atoms with E-state index in [9.17, 15) is 8.78 Å². The molecule has 0 saturated heterocycles. The summed E-state index contributed by atoms with van der Waals surface area (Å²) < 4.78 is 26.3. The minimum absolute atomic E-state index is 0.112. The summed E-state index contributed by atoms with van der Waals surface area (Å²) in [5, 5.41) is 0.741. The maximum absolute atomic E-state index is 12.5. The summed E-state index contributed by atoms with van der Waals surface area (Å²) in [5.74, 6) is 0.601. The maximum Gasteiger partial charge on any atom is 0.451 e. The van der Waals surface area contributed by atoms with Gasteiger partial charge in [0.05, 0.1) is 22.6 Å². The number of nitrogens with one attached hydrogen (secondary N) is 1. The number of aromatic nitrogens is 1. The standard InChI is InChI=1S/C9H7F2IN2O/c10-9(11,12)15-6-1-2-7-5(3-6)4-8(13)14-7/h1-4,14H,13H2. The first-order chi connectivity index (χ1) is 6.94. The quantitative estimate of drug-likeness (QED) is 0.659. The van der Waals surface area contributed by atoms with Gasteiger partial charge in [0, 0.05) is 10.9 Å². The highest BCUT2D eigenvalue weighted by Gasteiger charge is 2.26. The highest BCUT2D eigenvalue weighted by atomic mass is 127. The Bertz CT molecular complexity index is 492. The minimum atomic E-state index is -3.20. The fourth-order valence-corrected chi connectivity index (χ4v) is 1.58. The highest BCUT2D eigenvalue weighted by Crippen LogP contribution is 2.29. The Morgan fingerprint density at radius 2 is 2.07 bits per heavy atom. The third-order valence-corrected chi connectivity index (χ3v) is 2.07. The Labute approximate surface area is 97.7 Å². The third kappa shape index (κ3) is 2.49. The van der Waals surface area contributed by atoms with Crippen LogP contribution in [0.4, 0.5) is 14.6 Å². The van der Waals surface area contributed by atoms with Crippen LogP contribution in [0.15, 0.2) is 24.3 Å². The molecule has 0 radical (unpaired) electrons. The third-order valence-electron chi connectivity index (χ3n) is 1.85. The number of aromatic amines is 1. The molecule has 2 aromatic rings. The van der Waals surface area contributed by atoms with E-state index in [1.54, 1.807) is 12.1 Å². The summed E-state index contributed by atoms with van der Waals surface area (Å²) in [5.41, 5.74) is 6.31. The highest BCUT2D eigenvalue weighted by molar-refractivity contribution is 14.1. The molecule has 0 aliphatic carbocycles. The van der Waals surface area contributed by atoms with Crippen molar-refractivity contribution in [1.29, 1.82) is 0 Å². The lowest BCUT2D eigenvalue weighted by Crippen LogP contribution is -2.14. The van der Waals surface area contributed by atoms with Crippen LogP contribution in [0.5, 0.6) is 5.75 Å². The first kappa shape index (κ1) is 10.5. The van der Waals surface area contributed by atoms with Gasteiger partial charge in [-0.1, -0.05) is 0 Å². The summed E-state index contributed by atoms with van der Waals surface area (Å²) in [7, 11) is 0. The van der Waals surface area contributed by atoms with Crippen LogP contribution in [0.25, 0.3) is 10.9 Å². The number of rotatable bonds is 2. The number of hydrogen-bond acceptors (Lipinski definition) is 2. The number of alkyl halides is 3. The number of fused-ring (bicyclic) bond motifs is 1. The first-order valence-corrected chi connectivity index (χ1v) is 5.16. The molecule has 0 aliphatic rings. The van der Waals surface area contributed by atoms with Crippen molar-refractivity contribution in [2.24, 2.45) is 0 Å². The van der Waals surface area contributed by atoms with Crippen molar-refractivity contribution in [3.8, 4) is 5.75 Å². The molecule has 3 nitrogen and oxygen atoms in total. The number of hydrogen-bond donors (Lipinski definition) is 2. The second-order valence-corrected chi connectivity index (χ2v) is 4.28. The van der Waals surface area contributed by atoms with E-state index in [-0.39, 0.29) is 5.75 Å². The average Bonchev–Trinajstić information content (AvgIpc) is 2.40. The van der Waals surface area contributed by atoms with Crippen molar-refractivity contribution in [3.05, 3.63) is 24.3 Å². The summed E-state index contributed by atoms with van der Waals surface area (Å²) in [6.07, 6.45) is 0. The first-order valence-electron chi connectivity index (χ1n) is 4.08. The molecule has 0 atom stereocenters. The zero-order valence-corrected chi connectivity index (χ0v) is 9.59. The number of nitrogen functional groups attached to an aromatic ring is 1. The van der Waals surface area contributed by atoms with Crippen molar-refractivity contribution in [2.75, 3.05) is 5.73 Å². The summed E-state index contributed by atoms with van der Waals surface area (Å²) >= 11 is 0.921. The molecule has 0 fully saturated rings. The van der Waals surface area contributed by atoms with Gasteiger partial charge in [-0.05, 0) is 24.3 Å². The van der Waals surface area contributed by atoms with Crippen molar-refractivity contribution in [3.63, 3.8) is 0 Å². The van der Waals surface area contributed by atoms with E-state index in [4.69, 9.17) is 5.73 Å². The molecule has 0 saturated carbocycles. The largest absolute Gasteiger partial charge is 0.451 e. The van der Waals surface area contributed by atoms with Crippen LogP contribution < -0.4 is 10.5 Å². The van der Waals surface area contributed by atoms with E-state index < -0.39 is 4.12 Å². The Morgan fingerprint density at radius 3 is 2.73 bits per heavy atom. The molecule has 0 unspecified atom stereocenters. The smallest absolute Gasteiger partial charge is 0.425 e. The Morgan fingerprint density at radius 1 is 1.33 bits per heavy atom. The van der Waals surface area contributed by atoms with E-state index in [1.807, 2.05) is 0 Å².